The molecule has 1 aromatic rings. The minimum atomic E-state index is -3.53. The van der Waals surface area contributed by atoms with Gasteiger partial charge < -0.3 is 5.32 Å². The third-order valence-electron chi connectivity index (χ3n) is 4.85. The number of carbonyl (C=O) groups excluding carboxylic acids is 1. The van der Waals surface area contributed by atoms with Crippen LogP contribution in [0.5, 0.6) is 0 Å². The van der Waals surface area contributed by atoms with Crippen LogP contribution in [-0.4, -0.2) is 62.3 Å². The van der Waals surface area contributed by atoms with Gasteiger partial charge >= 0.3 is 0 Å². The van der Waals surface area contributed by atoms with Crippen molar-refractivity contribution in [2.75, 3.05) is 32.7 Å². The number of halogens is 1. The van der Waals surface area contributed by atoms with Gasteiger partial charge in [0.05, 0.1) is 11.4 Å². The third-order valence-corrected chi connectivity index (χ3v) is 6.98. The molecule has 2 aliphatic rings. The molecule has 0 unspecified atom stereocenters. The lowest BCUT2D eigenvalue weighted by atomic mass is 10.2. The second-order valence-corrected chi connectivity index (χ2v) is 9.06. The molecule has 8 heteroatoms. The van der Waals surface area contributed by atoms with Crippen LogP contribution < -0.4 is 5.32 Å². The smallest absolute Gasteiger partial charge is 0.243 e. The molecule has 2 fully saturated rings. The van der Waals surface area contributed by atoms with E-state index in [2.05, 4.69) is 5.32 Å². The van der Waals surface area contributed by atoms with Gasteiger partial charge in [0.15, 0.2) is 0 Å². The zero-order valence-corrected chi connectivity index (χ0v) is 15.7. The number of amides is 1. The van der Waals surface area contributed by atoms with Gasteiger partial charge in [-0.1, -0.05) is 30.5 Å². The molecule has 0 radical (unpaired) electrons. The highest BCUT2D eigenvalue weighted by atomic mass is 35.5. The molecule has 138 valence electrons. The first-order valence-electron chi connectivity index (χ1n) is 8.72. The van der Waals surface area contributed by atoms with E-state index in [1.165, 1.54) is 23.2 Å². The van der Waals surface area contributed by atoms with Crippen molar-refractivity contribution in [3.63, 3.8) is 0 Å². The van der Waals surface area contributed by atoms with E-state index >= 15 is 0 Å². The maximum Gasteiger partial charge on any atom is 0.243 e. The van der Waals surface area contributed by atoms with Crippen LogP contribution in [0.3, 0.4) is 0 Å². The molecule has 1 amide bonds. The SMILES string of the molecule is O=C(CN1CCN(S(=O)(=O)c2cccc(Cl)c2)CC1)NC1CCCC1. The molecule has 6 nitrogen and oxygen atoms in total. The summed E-state index contributed by atoms with van der Waals surface area (Å²) in [5.41, 5.74) is 0. The number of nitrogens with one attached hydrogen (secondary N) is 1. The average Bonchev–Trinajstić information content (AvgIpc) is 3.08. The van der Waals surface area contributed by atoms with Gasteiger partial charge in [0.25, 0.3) is 0 Å². The lowest BCUT2D eigenvalue weighted by molar-refractivity contribution is -0.123. The standard InChI is InChI=1S/C17H24ClN3O3S/c18-14-4-3-7-16(12-14)25(23,24)21-10-8-20(9-11-21)13-17(22)19-15-5-1-2-6-15/h3-4,7,12,15H,1-2,5-6,8-11,13H2,(H,19,22). The molecule has 1 saturated carbocycles. The second-order valence-electron chi connectivity index (χ2n) is 6.69. The van der Waals surface area contributed by atoms with Crippen molar-refractivity contribution in [3.05, 3.63) is 29.3 Å². The maximum absolute atomic E-state index is 12.7. The van der Waals surface area contributed by atoms with Gasteiger partial charge in [-0.2, -0.15) is 4.31 Å². The van der Waals surface area contributed by atoms with E-state index in [9.17, 15) is 13.2 Å². The molecule has 0 aromatic heterocycles. The highest BCUT2D eigenvalue weighted by Crippen LogP contribution is 2.21. The van der Waals surface area contributed by atoms with Gasteiger partial charge in [0.1, 0.15) is 0 Å². The van der Waals surface area contributed by atoms with Crippen LogP contribution in [0.4, 0.5) is 0 Å². The molecular formula is C17H24ClN3O3S. The van der Waals surface area contributed by atoms with Crippen LogP contribution in [0, 0.1) is 0 Å². The molecule has 0 bridgehead atoms. The summed E-state index contributed by atoms with van der Waals surface area (Å²) >= 11 is 5.90. The number of hydrogen-bond donors (Lipinski definition) is 1. The minimum absolute atomic E-state index is 0.0399. The summed E-state index contributed by atoms with van der Waals surface area (Å²) in [6.07, 6.45) is 4.50. The molecule has 1 N–H and O–H groups in total. The van der Waals surface area contributed by atoms with Crippen molar-refractivity contribution < 1.29 is 13.2 Å². The van der Waals surface area contributed by atoms with Crippen molar-refractivity contribution in [2.24, 2.45) is 0 Å². The first-order valence-corrected chi connectivity index (χ1v) is 10.5. The largest absolute Gasteiger partial charge is 0.352 e. The van der Waals surface area contributed by atoms with E-state index in [-0.39, 0.29) is 10.8 Å². The average molecular weight is 386 g/mol. The fourth-order valence-electron chi connectivity index (χ4n) is 3.45. The summed E-state index contributed by atoms with van der Waals surface area (Å²) in [6, 6.07) is 6.64. The Morgan fingerprint density at radius 1 is 1.16 bits per heavy atom. The van der Waals surface area contributed by atoms with Crippen LogP contribution in [0.1, 0.15) is 25.7 Å². The monoisotopic (exact) mass is 385 g/mol. The van der Waals surface area contributed by atoms with E-state index in [0.717, 1.165) is 12.8 Å². The fourth-order valence-corrected chi connectivity index (χ4v) is 5.17. The number of sulfonamides is 1. The Morgan fingerprint density at radius 2 is 1.84 bits per heavy atom. The van der Waals surface area contributed by atoms with Crippen molar-refractivity contribution in [1.82, 2.24) is 14.5 Å². The molecule has 1 heterocycles. The quantitative estimate of drug-likeness (QED) is 0.837. The van der Waals surface area contributed by atoms with E-state index in [1.54, 1.807) is 18.2 Å². The van der Waals surface area contributed by atoms with Crippen LogP contribution >= 0.6 is 11.6 Å². The number of piperazine rings is 1. The lowest BCUT2D eigenvalue weighted by Crippen LogP contribution is -2.51. The molecular weight excluding hydrogens is 362 g/mol. The molecule has 1 saturated heterocycles. The number of rotatable bonds is 5. The molecule has 1 aliphatic carbocycles. The fraction of sp³-hybridized carbons (Fsp3) is 0.588. The topological polar surface area (TPSA) is 69.7 Å². The van der Waals surface area contributed by atoms with Gasteiger partial charge in [0, 0.05) is 37.2 Å². The molecule has 25 heavy (non-hydrogen) atoms. The van der Waals surface area contributed by atoms with Crippen LogP contribution in [0.2, 0.25) is 5.02 Å². The predicted molar refractivity (Wildman–Crippen MR) is 97.0 cm³/mol. The summed E-state index contributed by atoms with van der Waals surface area (Å²) in [6.45, 7) is 2.20. The second kappa shape index (κ2) is 8.03. The van der Waals surface area contributed by atoms with Crippen molar-refractivity contribution in [2.45, 2.75) is 36.6 Å². The first kappa shape index (κ1) is 18.6. The summed E-state index contributed by atoms with van der Waals surface area (Å²) < 4.78 is 26.8. The summed E-state index contributed by atoms with van der Waals surface area (Å²) in [4.78, 5) is 14.3. The Balaban J connectivity index is 1.52. The van der Waals surface area contributed by atoms with E-state index in [1.807, 2.05) is 4.90 Å². The zero-order chi connectivity index (χ0) is 17.9. The molecule has 1 aromatic carbocycles. The number of benzene rings is 1. The first-order chi connectivity index (χ1) is 11.9. The molecule has 0 spiro atoms. The third kappa shape index (κ3) is 4.73. The lowest BCUT2D eigenvalue weighted by Gasteiger charge is -2.33. The molecule has 3 rings (SSSR count). The summed E-state index contributed by atoms with van der Waals surface area (Å²) in [5, 5.41) is 3.48. The van der Waals surface area contributed by atoms with E-state index < -0.39 is 10.0 Å². The maximum atomic E-state index is 12.7. The number of hydrogen-bond acceptors (Lipinski definition) is 4. The minimum Gasteiger partial charge on any atom is -0.352 e. The van der Waals surface area contributed by atoms with Crippen molar-refractivity contribution >= 4 is 27.5 Å². The summed E-state index contributed by atoms with van der Waals surface area (Å²) in [5.74, 6) is 0.0399. The zero-order valence-electron chi connectivity index (χ0n) is 14.2. The Morgan fingerprint density at radius 3 is 2.48 bits per heavy atom. The molecule has 0 atom stereocenters. The molecule has 1 aliphatic heterocycles. The van der Waals surface area contributed by atoms with E-state index in [4.69, 9.17) is 11.6 Å². The van der Waals surface area contributed by atoms with Crippen LogP contribution in [0.15, 0.2) is 29.2 Å². The van der Waals surface area contributed by atoms with Gasteiger partial charge in [-0.3, -0.25) is 9.69 Å². The number of carbonyl (C=O) groups is 1. The Hall–Kier alpha value is -1.15. The van der Waals surface area contributed by atoms with Gasteiger partial charge in [-0.25, -0.2) is 8.42 Å². The normalized spacial score (nSPS) is 20.7. The van der Waals surface area contributed by atoms with Crippen LogP contribution in [0.25, 0.3) is 0 Å². The summed E-state index contributed by atoms with van der Waals surface area (Å²) in [7, 11) is -3.53. The highest BCUT2D eigenvalue weighted by molar-refractivity contribution is 7.89. The Bertz CT molecular complexity index is 712. The van der Waals surface area contributed by atoms with Gasteiger partial charge in [-0.15, -0.1) is 0 Å². The van der Waals surface area contributed by atoms with Gasteiger partial charge in [-0.05, 0) is 31.0 Å². The van der Waals surface area contributed by atoms with Crippen molar-refractivity contribution in [1.29, 1.82) is 0 Å². The Kier molecular flexibility index (Phi) is 5.99. The number of nitrogens with zero attached hydrogens (tertiary/aromatic N) is 2. The van der Waals surface area contributed by atoms with Crippen LogP contribution in [-0.2, 0) is 14.8 Å². The van der Waals surface area contributed by atoms with Crippen molar-refractivity contribution in [3.8, 4) is 0 Å². The highest BCUT2D eigenvalue weighted by Gasteiger charge is 2.29. The predicted octanol–water partition coefficient (Wildman–Crippen LogP) is 1.71. The Labute approximate surface area is 154 Å². The van der Waals surface area contributed by atoms with E-state index in [0.29, 0.717) is 43.8 Å². The van der Waals surface area contributed by atoms with Gasteiger partial charge in [0.2, 0.25) is 15.9 Å².